The van der Waals surface area contributed by atoms with Gasteiger partial charge >= 0.3 is 0 Å². The second-order valence-corrected chi connectivity index (χ2v) is 17.2. The van der Waals surface area contributed by atoms with Crippen molar-refractivity contribution in [3.8, 4) is 0 Å². The molecule has 1 aliphatic rings. The van der Waals surface area contributed by atoms with E-state index in [1.165, 1.54) is 44.5 Å². The number of rotatable bonds is 11. The van der Waals surface area contributed by atoms with Crippen molar-refractivity contribution in [1.29, 1.82) is 0 Å². The number of fused-ring (bicyclic) bond motifs is 2. The van der Waals surface area contributed by atoms with Crippen LogP contribution in [0.4, 0.5) is 51.2 Å². The maximum atomic E-state index is 2.52. The molecule has 1 heterocycles. The normalized spacial score (nSPS) is 12.1. The summed E-state index contributed by atoms with van der Waals surface area (Å²) >= 11 is 0. The van der Waals surface area contributed by atoms with Gasteiger partial charge in [-0.05, 0) is 130 Å². The van der Waals surface area contributed by atoms with Gasteiger partial charge in [0, 0.05) is 51.2 Å². The zero-order valence-electron chi connectivity index (χ0n) is 36.2. The van der Waals surface area contributed by atoms with Gasteiger partial charge in [-0.25, -0.2) is 0 Å². The van der Waals surface area contributed by atoms with Crippen molar-refractivity contribution >= 4 is 74.3 Å². The smallest absolute Gasteiger partial charge is 0.247 e. The van der Waals surface area contributed by atoms with E-state index in [2.05, 4.69) is 256 Å². The molecule has 0 spiro atoms. The Morgan fingerprint density at radius 1 is 0.361 bits per heavy atom. The minimum atomic E-state index is -0.00660. The third-order valence-electron chi connectivity index (χ3n) is 12.2. The van der Waals surface area contributed by atoms with Gasteiger partial charge < -0.3 is 14.7 Å². The second-order valence-electron chi connectivity index (χ2n) is 17.2. The van der Waals surface area contributed by atoms with E-state index in [4.69, 9.17) is 0 Å². The molecular formula is C57H54BN3. The maximum absolute atomic E-state index is 2.52. The van der Waals surface area contributed by atoms with Gasteiger partial charge in [0.05, 0.1) is 0 Å². The molecule has 0 aliphatic carbocycles. The lowest BCUT2D eigenvalue weighted by Crippen LogP contribution is -2.59. The van der Waals surface area contributed by atoms with E-state index in [0.29, 0.717) is 17.8 Å². The molecule has 0 fully saturated rings. The molecule has 300 valence electrons. The minimum Gasteiger partial charge on any atom is -0.311 e. The highest BCUT2D eigenvalue weighted by Gasteiger charge is 2.39. The van der Waals surface area contributed by atoms with Crippen molar-refractivity contribution in [2.24, 2.45) is 0 Å². The zero-order chi connectivity index (χ0) is 42.0. The lowest BCUT2D eigenvalue weighted by atomic mass is 9.33. The third kappa shape index (κ3) is 7.64. The number of para-hydroxylation sites is 5. The van der Waals surface area contributed by atoms with Gasteiger partial charge in [-0.1, -0.05) is 162 Å². The van der Waals surface area contributed by atoms with Crippen LogP contribution in [0, 0.1) is 0 Å². The monoisotopic (exact) mass is 791 g/mol. The zero-order valence-corrected chi connectivity index (χ0v) is 36.2. The standard InChI is InChI=1S/C57H54BN3/c1-40(2)43-36-51(41(3)4)57(52(37-43)42(5)6)58-53-34-32-49(59(44-22-12-7-13-23-44)45-24-14-8-15-25-45)38-55(53)61(48-30-20-11-21-31-48)56-39-50(33-35-54(56)58)60(46-26-16-9-17-27-46)47-28-18-10-19-29-47/h7-42H,1-6H3. The van der Waals surface area contributed by atoms with Crippen LogP contribution in [-0.2, 0) is 0 Å². The molecule has 8 aromatic rings. The highest BCUT2D eigenvalue weighted by atomic mass is 15.2. The largest absolute Gasteiger partial charge is 0.311 e. The molecule has 61 heavy (non-hydrogen) atoms. The van der Waals surface area contributed by atoms with Gasteiger partial charge in [0.2, 0.25) is 6.71 Å². The average molecular weight is 792 g/mol. The van der Waals surface area contributed by atoms with Crippen molar-refractivity contribution in [1.82, 2.24) is 0 Å². The van der Waals surface area contributed by atoms with E-state index in [1.807, 2.05) is 0 Å². The molecule has 0 saturated carbocycles. The van der Waals surface area contributed by atoms with Crippen LogP contribution in [0.5, 0.6) is 0 Å². The first-order valence-electron chi connectivity index (χ1n) is 21.9. The molecule has 4 heteroatoms. The Morgan fingerprint density at radius 3 is 1.03 bits per heavy atom. The molecule has 0 atom stereocenters. The Kier molecular flexibility index (Phi) is 11.1. The lowest BCUT2D eigenvalue weighted by molar-refractivity contribution is 0.812. The molecule has 0 N–H and O–H groups in total. The van der Waals surface area contributed by atoms with Gasteiger partial charge in [0.15, 0.2) is 0 Å². The molecule has 0 saturated heterocycles. The summed E-state index contributed by atoms with van der Waals surface area (Å²) in [4.78, 5) is 7.28. The number of hydrogen-bond acceptors (Lipinski definition) is 3. The summed E-state index contributed by atoms with van der Waals surface area (Å²) in [6, 6.07) is 73.3. The summed E-state index contributed by atoms with van der Waals surface area (Å²) in [5.41, 5.74) is 18.5. The van der Waals surface area contributed by atoms with E-state index >= 15 is 0 Å². The number of benzene rings is 8. The second kappa shape index (κ2) is 17.1. The molecular weight excluding hydrogens is 737 g/mol. The first-order chi connectivity index (χ1) is 29.8. The highest BCUT2D eigenvalue weighted by Crippen LogP contribution is 2.44. The summed E-state index contributed by atoms with van der Waals surface area (Å²) in [7, 11) is 0. The van der Waals surface area contributed by atoms with Crippen molar-refractivity contribution in [2.45, 2.75) is 59.3 Å². The van der Waals surface area contributed by atoms with Crippen LogP contribution >= 0.6 is 0 Å². The Balaban J connectivity index is 1.37. The van der Waals surface area contributed by atoms with Gasteiger partial charge in [-0.3, -0.25) is 0 Å². The van der Waals surface area contributed by atoms with E-state index in [-0.39, 0.29) is 6.71 Å². The summed E-state index contributed by atoms with van der Waals surface area (Å²) in [6.07, 6.45) is 0. The molecule has 0 aromatic heterocycles. The van der Waals surface area contributed by atoms with Crippen LogP contribution in [0.1, 0.15) is 76.0 Å². The molecule has 0 amide bonds. The molecule has 0 bridgehead atoms. The van der Waals surface area contributed by atoms with Gasteiger partial charge in [-0.15, -0.1) is 0 Å². The third-order valence-corrected chi connectivity index (χ3v) is 12.2. The van der Waals surface area contributed by atoms with E-state index < -0.39 is 0 Å². The van der Waals surface area contributed by atoms with E-state index in [0.717, 1.165) is 39.8 Å². The van der Waals surface area contributed by atoms with Crippen LogP contribution in [0.2, 0.25) is 0 Å². The lowest BCUT2D eigenvalue weighted by Gasteiger charge is -2.40. The van der Waals surface area contributed by atoms with Crippen molar-refractivity contribution < 1.29 is 0 Å². The van der Waals surface area contributed by atoms with Crippen molar-refractivity contribution in [3.05, 3.63) is 217 Å². The fourth-order valence-corrected chi connectivity index (χ4v) is 9.23. The molecule has 0 unspecified atom stereocenters. The van der Waals surface area contributed by atoms with Crippen LogP contribution in [0.25, 0.3) is 0 Å². The van der Waals surface area contributed by atoms with Crippen molar-refractivity contribution in [3.63, 3.8) is 0 Å². The summed E-state index contributed by atoms with van der Waals surface area (Å²) in [5, 5.41) is 0. The SMILES string of the molecule is CC(C)c1cc(C(C)C)c(B2c3ccc(N(c4ccccc4)c4ccccc4)cc3N(c3ccccc3)c3cc(N(c4ccccc4)c4ccccc4)ccc32)c(C(C)C)c1. The quantitative estimate of drug-likeness (QED) is 0.121. The number of nitrogens with zero attached hydrogens (tertiary/aromatic N) is 3. The number of anilines is 9. The number of hydrogen-bond donors (Lipinski definition) is 0. The van der Waals surface area contributed by atoms with Crippen molar-refractivity contribution in [2.75, 3.05) is 14.7 Å². The Morgan fingerprint density at radius 2 is 0.705 bits per heavy atom. The fraction of sp³-hybridized carbons (Fsp3) is 0.158. The molecule has 1 aliphatic heterocycles. The minimum absolute atomic E-state index is 0.00660. The first kappa shape index (κ1) is 39.7. The first-order valence-corrected chi connectivity index (χ1v) is 21.9. The van der Waals surface area contributed by atoms with Gasteiger partial charge in [0.25, 0.3) is 0 Å². The summed E-state index contributed by atoms with van der Waals surface area (Å²) in [6.45, 7) is 14.1. The molecule has 0 radical (unpaired) electrons. The van der Waals surface area contributed by atoms with Gasteiger partial charge in [-0.2, -0.15) is 0 Å². The molecule has 8 aromatic carbocycles. The average Bonchev–Trinajstić information content (AvgIpc) is 3.29. The summed E-state index contributed by atoms with van der Waals surface area (Å²) in [5.74, 6) is 1.10. The van der Waals surface area contributed by atoms with Crippen LogP contribution < -0.4 is 31.1 Å². The Bertz CT molecular complexity index is 2490. The van der Waals surface area contributed by atoms with Gasteiger partial charge in [0.1, 0.15) is 0 Å². The van der Waals surface area contributed by atoms with E-state index in [9.17, 15) is 0 Å². The van der Waals surface area contributed by atoms with Crippen LogP contribution in [-0.4, -0.2) is 6.71 Å². The van der Waals surface area contributed by atoms with Crippen LogP contribution in [0.15, 0.2) is 200 Å². The Hall–Kier alpha value is -6.78. The molecule has 3 nitrogen and oxygen atoms in total. The topological polar surface area (TPSA) is 9.72 Å². The summed E-state index contributed by atoms with van der Waals surface area (Å²) < 4.78 is 0. The van der Waals surface area contributed by atoms with E-state index in [1.54, 1.807) is 0 Å². The predicted octanol–water partition coefficient (Wildman–Crippen LogP) is 14.3. The highest BCUT2D eigenvalue weighted by molar-refractivity contribution is 6.98. The Labute approximate surface area is 363 Å². The maximum Gasteiger partial charge on any atom is 0.247 e. The fourth-order valence-electron chi connectivity index (χ4n) is 9.23. The molecule has 9 rings (SSSR count). The predicted molar refractivity (Wildman–Crippen MR) is 264 cm³/mol. The van der Waals surface area contributed by atoms with Crippen LogP contribution in [0.3, 0.4) is 0 Å².